The van der Waals surface area contributed by atoms with E-state index in [1.165, 1.54) is 6.26 Å². The minimum atomic E-state index is 0.733. The van der Waals surface area contributed by atoms with Gasteiger partial charge in [0, 0.05) is 6.54 Å². The van der Waals surface area contributed by atoms with Crippen LogP contribution in [0.2, 0.25) is 0 Å². The average Bonchev–Trinajstić information content (AvgIpc) is 2.20. The van der Waals surface area contributed by atoms with Crippen LogP contribution in [0.5, 0.6) is 0 Å². The fraction of sp³-hybridized carbons (Fsp3) is 0.667. The molecule has 0 atom stereocenters. The van der Waals surface area contributed by atoms with Crippen LogP contribution in [0, 0.1) is 0 Å². The van der Waals surface area contributed by atoms with Gasteiger partial charge < -0.3 is 14.4 Å². The quantitative estimate of drug-likeness (QED) is 0.411. The lowest BCUT2D eigenvalue weighted by Crippen LogP contribution is -2.11. The third-order valence-electron chi connectivity index (χ3n) is 1.83. The highest BCUT2D eigenvalue weighted by Crippen LogP contribution is 1.93. The molecule has 0 unspecified atom stereocenters. The number of ether oxygens (including phenoxy) is 2. The third-order valence-corrected chi connectivity index (χ3v) is 1.83. The van der Waals surface area contributed by atoms with Gasteiger partial charge in [0.1, 0.15) is 0 Å². The van der Waals surface area contributed by atoms with Crippen LogP contribution in [0.15, 0.2) is 25.2 Å². The first-order valence-electron chi connectivity index (χ1n) is 5.41. The van der Waals surface area contributed by atoms with E-state index in [1.807, 2.05) is 0 Å². The van der Waals surface area contributed by atoms with E-state index < -0.39 is 0 Å². The average molecular weight is 213 g/mol. The summed E-state index contributed by atoms with van der Waals surface area (Å²) in [5.74, 6) is 0. The predicted octanol–water partition coefficient (Wildman–Crippen LogP) is 2.41. The van der Waals surface area contributed by atoms with E-state index in [9.17, 15) is 0 Å². The van der Waals surface area contributed by atoms with Crippen molar-refractivity contribution in [2.24, 2.45) is 0 Å². The molecule has 3 nitrogen and oxygen atoms in total. The van der Waals surface area contributed by atoms with Crippen LogP contribution >= 0.6 is 0 Å². The summed E-state index contributed by atoms with van der Waals surface area (Å²) in [7, 11) is 4.13. The van der Waals surface area contributed by atoms with Crippen LogP contribution in [0.25, 0.3) is 0 Å². The lowest BCUT2D eigenvalue weighted by Gasteiger charge is -2.05. The van der Waals surface area contributed by atoms with Crippen LogP contribution < -0.4 is 0 Å². The topological polar surface area (TPSA) is 21.7 Å². The normalized spacial score (nSPS) is 10.9. The molecule has 0 saturated carbocycles. The van der Waals surface area contributed by atoms with Crippen molar-refractivity contribution in [3.63, 3.8) is 0 Å². The van der Waals surface area contributed by atoms with Gasteiger partial charge in [0.2, 0.25) is 0 Å². The second-order valence-electron chi connectivity index (χ2n) is 3.58. The van der Waals surface area contributed by atoms with E-state index in [4.69, 9.17) is 9.47 Å². The molecule has 0 aliphatic heterocycles. The molecule has 88 valence electrons. The Morgan fingerprint density at radius 2 is 1.80 bits per heavy atom. The van der Waals surface area contributed by atoms with Gasteiger partial charge >= 0.3 is 0 Å². The second-order valence-corrected chi connectivity index (χ2v) is 3.58. The summed E-state index contributed by atoms with van der Waals surface area (Å²) in [5.41, 5.74) is 0. The fourth-order valence-electron chi connectivity index (χ4n) is 0.991. The number of hydrogen-bond acceptors (Lipinski definition) is 3. The molecule has 0 aliphatic rings. The summed E-state index contributed by atoms with van der Waals surface area (Å²) in [6, 6.07) is 0. The van der Waals surface area contributed by atoms with Crippen LogP contribution in [0.1, 0.15) is 19.3 Å². The maximum atomic E-state index is 5.32. The highest BCUT2D eigenvalue weighted by molar-refractivity contribution is 4.74. The van der Waals surface area contributed by atoms with Gasteiger partial charge in [-0.05, 0) is 39.4 Å². The SMILES string of the molecule is C=COCCCCO/C=C/CCN(C)C. The Hall–Kier alpha value is -0.960. The molecule has 0 aromatic rings. The Balaban J connectivity index is 3.06. The highest BCUT2D eigenvalue weighted by Gasteiger charge is 1.87. The first-order valence-corrected chi connectivity index (χ1v) is 5.41. The number of rotatable bonds is 10. The molecule has 0 fully saturated rings. The van der Waals surface area contributed by atoms with Gasteiger partial charge in [0.05, 0.1) is 25.7 Å². The Morgan fingerprint density at radius 3 is 2.40 bits per heavy atom. The molecule has 15 heavy (non-hydrogen) atoms. The molecule has 0 aromatic heterocycles. The molecule has 3 heteroatoms. The van der Waals surface area contributed by atoms with Gasteiger partial charge in [-0.1, -0.05) is 6.58 Å². The van der Waals surface area contributed by atoms with Crippen molar-refractivity contribution in [3.05, 3.63) is 25.2 Å². The number of unbranched alkanes of at least 4 members (excludes halogenated alkanes) is 1. The largest absolute Gasteiger partial charge is 0.502 e. The molecule has 0 heterocycles. The summed E-state index contributed by atoms with van der Waals surface area (Å²) in [6.07, 6.45) is 8.39. The Bertz CT molecular complexity index is 167. The molecule has 0 N–H and O–H groups in total. The van der Waals surface area contributed by atoms with Gasteiger partial charge in [0.15, 0.2) is 0 Å². The maximum Gasteiger partial charge on any atom is 0.0874 e. The molecule has 0 bridgehead atoms. The molecular formula is C12H23NO2. The van der Waals surface area contributed by atoms with Gasteiger partial charge in [-0.3, -0.25) is 0 Å². The lowest BCUT2D eigenvalue weighted by molar-refractivity contribution is 0.205. The van der Waals surface area contributed by atoms with E-state index in [-0.39, 0.29) is 0 Å². The van der Waals surface area contributed by atoms with E-state index in [2.05, 4.69) is 31.7 Å². The summed E-state index contributed by atoms with van der Waals surface area (Å²) in [6.45, 7) is 6.03. The van der Waals surface area contributed by atoms with Crippen molar-refractivity contribution >= 4 is 0 Å². The summed E-state index contributed by atoms with van der Waals surface area (Å²) < 4.78 is 10.3. The fourth-order valence-corrected chi connectivity index (χ4v) is 0.991. The second kappa shape index (κ2) is 11.1. The van der Waals surface area contributed by atoms with Gasteiger partial charge in [-0.15, -0.1) is 0 Å². The summed E-state index contributed by atoms with van der Waals surface area (Å²) in [4.78, 5) is 2.15. The molecule has 0 amide bonds. The molecule has 0 rings (SSSR count). The molecule has 0 radical (unpaired) electrons. The number of hydrogen-bond donors (Lipinski definition) is 0. The maximum absolute atomic E-state index is 5.32. The van der Waals surface area contributed by atoms with Gasteiger partial charge in [-0.2, -0.15) is 0 Å². The van der Waals surface area contributed by atoms with Crippen molar-refractivity contribution in [1.82, 2.24) is 4.90 Å². The number of nitrogens with zero attached hydrogens (tertiary/aromatic N) is 1. The smallest absolute Gasteiger partial charge is 0.0874 e. The first-order chi connectivity index (χ1) is 7.27. The Kier molecular flexibility index (Phi) is 10.4. The zero-order valence-corrected chi connectivity index (χ0v) is 9.95. The van der Waals surface area contributed by atoms with Crippen LogP contribution in [0.4, 0.5) is 0 Å². The van der Waals surface area contributed by atoms with Crippen LogP contribution in [-0.2, 0) is 9.47 Å². The highest BCUT2D eigenvalue weighted by atomic mass is 16.5. The van der Waals surface area contributed by atoms with E-state index in [1.54, 1.807) is 6.26 Å². The third kappa shape index (κ3) is 13.0. The van der Waals surface area contributed by atoms with Gasteiger partial charge in [-0.25, -0.2) is 0 Å². The van der Waals surface area contributed by atoms with Crippen LogP contribution in [-0.4, -0.2) is 38.8 Å². The summed E-state index contributed by atoms with van der Waals surface area (Å²) in [5, 5.41) is 0. The molecule has 0 aliphatic carbocycles. The zero-order chi connectivity index (χ0) is 11.4. The molecule has 0 saturated heterocycles. The predicted molar refractivity (Wildman–Crippen MR) is 63.6 cm³/mol. The van der Waals surface area contributed by atoms with Crippen molar-refractivity contribution < 1.29 is 9.47 Å². The van der Waals surface area contributed by atoms with Crippen molar-refractivity contribution in [2.45, 2.75) is 19.3 Å². The minimum Gasteiger partial charge on any atom is -0.502 e. The zero-order valence-electron chi connectivity index (χ0n) is 9.95. The lowest BCUT2D eigenvalue weighted by atomic mass is 10.3. The summed E-state index contributed by atoms with van der Waals surface area (Å²) >= 11 is 0. The molecule has 0 spiro atoms. The van der Waals surface area contributed by atoms with Crippen LogP contribution in [0.3, 0.4) is 0 Å². The Morgan fingerprint density at radius 1 is 1.13 bits per heavy atom. The minimum absolute atomic E-state index is 0.733. The van der Waals surface area contributed by atoms with E-state index in [0.717, 1.165) is 39.0 Å². The van der Waals surface area contributed by atoms with Crippen molar-refractivity contribution in [1.29, 1.82) is 0 Å². The molecular weight excluding hydrogens is 190 g/mol. The van der Waals surface area contributed by atoms with Crippen molar-refractivity contribution in [2.75, 3.05) is 33.9 Å². The molecule has 0 aromatic carbocycles. The van der Waals surface area contributed by atoms with E-state index in [0.29, 0.717) is 0 Å². The monoisotopic (exact) mass is 213 g/mol. The van der Waals surface area contributed by atoms with Crippen molar-refractivity contribution in [3.8, 4) is 0 Å². The standard InChI is InChI=1S/C12H23NO2/c1-4-14-10-7-8-12-15-11-6-5-9-13(2)3/h4,6,11H,1,5,7-10,12H2,2-3H3/b11-6+. The Labute approximate surface area is 93.4 Å². The first kappa shape index (κ1) is 14.0. The van der Waals surface area contributed by atoms with E-state index >= 15 is 0 Å². The van der Waals surface area contributed by atoms with Gasteiger partial charge in [0.25, 0.3) is 0 Å².